The maximum Gasteiger partial charge on any atom is 0.128 e. The molecule has 0 fully saturated rings. The first-order valence-electron chi connectivity index (χ1n) is 7.63. The van der Waals surface area contributed by atoms with E-state index >= 15 is 0 Å². The normalized spacial score (nSPS) is 12.3. The summed E-state index contributed by atoms with van der Waals surface area (Å²) in [6.07, 6.45) is 4.46. The quantitative estimate of drug-likeness (QED) is 0.234. The fraction of sp³-hybridized carbons (Fsp3) is 0.750. The summed E-state index contributed by atoms with van der Waals surface area (Å²) in [6.45, 7) is 0.736. The average Bonchev–Trinajstić information content (AvgIpc) is 2.58. The summed E-state index contributed by atoms with van der Waals surface area (Å²) in [5, 5.41) is 35.8. The molecule has 0 aliphatic heterocycles. The van der Waals surface area contributed by atoms with E-state index in [2.05, 4.69) is 24.1 Å². The lowest BCUT2D eigenvalue weighted by Gasteiger charge is -2.11. The molecule has 0 saturated heterocycles. The van der Waals surface area contributed by atoms with E-state index in [0.717, 1.165) is 12.8 Å². The Labute approximate surface area is 142 Å². The summed E-state index contributed by atoms with van der Waals surface area (Å²) in [5.74, 6) is 4.60. The second-order valence-electron chi connectivity index (χ2n) is 4.66. The van der Waals surface area contributed by atoms with Gasteiger partial charge in [0.2, 0.25) is 0 Å². The van der Waals surface area contributed by atoms with Crippen LogP contribution in [-0.4, -0.2) is 85.5 Å². The third kappa shape index (κ3) is 16.8. The van der Waals surface area contributed by atoms with Crippen LogP contribution in [0.3, 0.4) is 0 Å². The van der Waals surface area contributed by atoms with E-state index < -0.39 is 12.2 Å². The van der Waals surface area contributed by atoms with Gasteiger partial charge in [0.25, 0.3) is 0 Å². The molecular formula is C16H26O8. The Hall–Kier alpha value is -1.52. The molecule has 24 heavy (non-hydrogen) atoms. The smallest absolute Gasteiger partial charge is 0.128 e. The zero-order chi connectivity index (χ0) is 17.9. The molecule has 4 N–H and O–H groups in total. The van der Waals surface area contributed by atoms with Crippen LogP contribution in [0.2, 0.25) is 0 Å². The number of unbranched alkanes of at least 4 members (excludes halogenated alkanes) is 1. The predicted octanol–water partition coefficient (Wildman–Crippen LogP) is -1.54. The number of rotatable bonds is 13. The first-order valence-corrected chi connectivity index (χ1v) is 7.63. The van der Waals surface area contributed by atoms with Crippen molar-refractivity contribution in [3.63, 3.8) is 0 Å². The van der Waals surface area contributed by atoms with Crippen molar-refractivity contribution in [1.29, 1.82) is 0 Å². The van der Waals surface area contributed by atoms with E-state index in [1.165, 1.54) is 0 Å². The van der Waals surface area contributed by atoms with Crippen LogP contribution in [0.25, 0.3) is 0 Å². The summed E-state index contributed by atoms with van der Waals surface area (Å²) < 4.78 is 20.1. The standard InChI is InChI=1S/C16H26O8/c17-5-3-9-23-13-15(19)11-21-7-1-2-8-22-12-16(20)14-24-10-4-6-18/h15-20H,1-2,5-8,11-14H2. The van der Waals surface area contributed by atoms with Gasteiger partial charge in [-0.2, -0.15) is 0 Å². The Morgan fingerprint density at radius 1 is 0.667 bits per heavy atom. The van der Waals surface area contributed by atoms with Crippen molar-refractivity contribution >= 4 is 0 Å². The highest BCUT2D eigenvalue weighted by Crippen LogP contribution is 1.95. The Morgan fingerprint density at radius 3 is 1.46 bits per heavy atom. The monoisotopic (exact) mass is 346 g/mol. The van der Waals surface area contributed by atoms with Crippen LogP contribution in [0.5, 0.6) is 0 Å². The Balaban J connectivity index is 3.32. The van der Waals surface area contributed by atoms with E-state index in [-0.39, 0.29) is 39.6 Å². The molecular weight excluding hydrogens is 320 g/mol. The largest absolute Gasteiger partial charge is 0.444 e. The zero-order valence-electron chi connectivity index (χ0n) is 13.6. The maximum atomic E-state index is 9.49. The van der Waals surface area contributed by atoms with Crippen LogP contribution in [-0.2, 0) is 18.9 Å². The first kappa shape index (κ1) is 22.5. The molecule has 0 rings (SSSR count). The van der Waals surface area contributed by atoms with Gasteiger partial charge >= 0.3 is 0 Å². The molecule has 0 bridgehead atoms. The number of aliphatic hydroxyl groups is 4. The van der Waals surface area contributed by atoms with Gasteiger partial charge in [0.1, 0.15) is 50.8 Å². The minimum absolute atomic E-state index is 0.0265. The van der Waals surface area contributed by atoms with Gasteiger partial charge in [-0.05, 0) is 24.7 Å². The van der Waals surface area contributed by atoms with Crippen LogP contribution < -0.4 is 0 Å². The van der Waals surface area contributed by atoms with Crippen molar-refractivity contribution < 1.29 is 39.4 Å². The SMILES string of the molecule is OCC#COCC(O)COCCCCOCC(O)COC#CCO. The van der Waals surface area contributed by atoms with Crippen molar-refractivity contribution in [2.24, 2.45) is 0 Å². The van der Waals surface area contributed by atoms with Crippen molar-refractivity contribution in [2.75, 3.05) is 52.9 Å². The third-order valence-corrected chi connectivity index (χ3v) is 2.45. The average molecular weight is 346 g/mol. The second-order valence-corrected chi connectivity index (χ2v) is 4.66. The molecule has 0 aliphatic carbocycles. The van der Waals surface area contributed by atoms with Crippen molar-refractivity contribution in [2.45, 2.75) is 25.0 Å². The van der Waals surface area contributed by atoms with Gasteiger partial charge in [0.15, 0.2) is 0 Å². The lowest BCUT2D eigenvalue weighted by Crippen LogP contribution is -2.22. The number of ether oxygens (including phenoxy) is 4. The Morgan fingerprint density at radius 2 is 1.08 bits per heavy atom. The van der Waals surface area contributed by atoms with E-state index in [4.69, 9.17) is 29.2 Å². The molecule has 0 aromatic carbocycles. The van der Waals surface area contributed by atoms with Crippen LogP contribution in [0, 0.1) is 24.1 Å². The summed E-state index contributed by atoms with van der Waals surface area (Å²) >= 11 is 0. The van der Waals surface area contributed by atoms with Gasteiger partial charge in [-0.3, -0.25) is 0 Å². The maximum absolute atomic E-state index is 9.49. The van der Waals surface area contributed by atoms with Gasteiger partial charge < -0.3 is 39.4 Å². The topological polar surface area (TPSA) is 118 Å². The number of hydrogen-bond donors (Lipinski definition) is 4. The highest BCUT2D eigenvalue weighted by molar-refractivity contribution is 4.91. The van der Waals surface area contributed by atoms with E-state index in [1.54, 1.807) is 0 Å². The van der Waals surface area contributed by atoms with Gasteiger partial charge in [0, 0.05) is 13.2 Å². The second kappa shape index (κ2) is 17.8. The van der Waals surface area contributed by atoms with Crippen molar-refractivity contribution in [3.8, 4) is 24.1 Å². The first-order chi connectivity index (χ1) is 11.7. The molecule has 0 aromatic heterocycles. The molecule has 8 nitrogen and oxygen atoms in total. The van der Waals surface area contributed by atoms with Gasteiger partial charge in [-0.15, -0.1) is 0 Å². The van der Waals surface area contributed by atoms with Crippen LogP contribution >= 0.6 is 0 Å². The van der Waals surface area contributed by atoms with E-state index in [9.17, 15) is 10.2 Å². The number of aliphatic hydroxyl groups excluding tert-OH is 4. The molecule has 138 valence electrons. The highest BCUT2D eigenvalue weighted by Gasteiger charge is 2.05. The Kier molecular flexibility index (Phi) is 16.7. The van der Waals surface area contributed by atoms with Gasteiger partial charge in [-0.1, -0.05) is 0 Å². The molecule has 0 amide bonds. The summed E-state index contributed by atoms with van der Waals surface area (Å²) in [6, 6.07) is 0. The summed E-state index contributed by atoms with van der Waals surface area (Å²) in [7, 11) is 0. The van der Waals surface area contributed by atoms with Crippen molar-refractivity contribution in [1.82, 2.24) is 0 Å². The third-order valence-electron chi connectivity index (χ3n) is 2.45. The van der Waals surface area contributed by atoms with Crippen LogP contribution in [0.1, 0.15) is 12.8 Å². The molecule has 0 radical (unpaired) electrons. The molecule has 0 aliphatic rings. The fourth-order valence-corrected chi connectivity index (χ4v) is 1.39. The van der Waals surface area contributed by atoms with Crippen LogP contribution in [0.15, 0.2) is 0 Å². The van der Waals surface area contributed by atoms with E-state index in [1.807, 2.05) is 0 Å². The molecule has 0 aromatic rings. The molecule has 0 heterocycles. The van der Waals surface area contributed by atoms with Crippen LogP contribution in [0.4, 0.5) is 0 Å². The van der Waals surface area contributed by atoms with Gasteiger partial charge in [0.05, 0.1) is 13.2 Å². The summed E-state index contributed by atoms with van der Waals surface area (Å²) in [5.41, 5.74) is 0. The number of hydrogen-bond acceptors (Lipinski definition) is 8. The molecule has 2 unspecified atom stereocenters. The Bertz CT molecular complexity index is 354. The fourth-order valence-electron chi connectivity index (χ4n) is 1.39. The molecule has 2 atom stereocenters. The lowest BCUT2D eigenvalue weighted by atomic mass is 10.3. The van der Waals surface area contributed by atoms with Crippen molar-refractivity contribution in [3.05, 3.63) is 0 Å². The lowest BCUT2D eigenvalue weighted by molar-refractivity contribution is -0.00499. The zero-order valence-corrected chi connectivity index (χ0v) is 13.6. The van der Waals surface area contributed by atoms with Gasteiger partial charge in [-0.25, -0.2) is 0 Å². The van der Waals surface area contributed by atoms with E-state index in [0.29, 0.717) is 13.2 Å². The predicted molar refractivity (Wildman–Crippen MR) is 84.5 cm³/mol. The molecule has 0 spiro atoms. The molecule has 8 heteroatoms. The summed E-state index contributed by atoms with van der Waals surface area (Å²) in [4.78, 5) is 0. The molecule has 0 saturated carbocycles. The highest BCUT2D eigenvalue weighted by atomic mass is 16.5. The minimum atomic E-state index is -0.765. The minimum Gasteiger partial charge on any atom is -0.444 e.